The zero-order valence-electron chi connectivity index (χ0n) is 15.8. The van der Waals surface area contributed by atoms with Gasteiger partial charge in [-0.3, -0.25) is 9.36 Å². The van der Waals surface area contributed by atoms with Crippen molar-refractivity contribution in [2.75, 3.05) is 12.8 Å². The number of nitrogens with zero attached hydrogens (tertiary/aromatic N) is 1. The predicted molar refractivity (Wildman–Crippen MR) is 108 cm³/mol. The third-order valence-corrected chi connectivity index (χ3v) is 5.10. The second-order valence-electron chi connectivity index (χ2n) is 6.58. The molecule has 0 spiro atoms. The van der Waals surface area contributed by atoms with Crippen molar-refractivity contribution in [3.63, 3.8) is 0 Å². The van der Waals surface area contributed by atoms with Crippen LogP contribution in [0, 0.1) is 0 Å². The van der Waals surface area contributed by atoms with Crippen molar-refractivity contribution in [3.8, 4) is 11.5 Å². The zero-order valence-corrected chi connectivity index (χ0v) is 16.7. The summed E-state index contributed by atoms with van der Waals surface area (Å²) in [7, 11) is -4.31. The maximum atomic E-state index is 12.5. The van der Waals surface area contributed by atoms with Crippen LogP contribution in [0.5, 0.6) is 11.5 Å². The molecule has 30 heavy (non-hydrogen) atoms. The molecule has 2 aromatic carbocycles. The molecular formula is C19H20N3O7P. The molecule has 0 aromatic heterocycles. The van der Waals surface area contributed by atoms with E-state index in [1.807, 2.05) is 0 Å². The number of hydrogen-bond donors (Lipinski definition) is 4. The third-order valence-electron chi connectivity index (χ3n) is 4.29. The van der Waals surface area contributed by atoms with Gasteiger partial charge in [0.25, 0.3) is 0 Å². The van der Waals surface area contributed by atoms with Gasteiger partial charge in [0.2, 0.25) is 0 Å². The van der Waals surface area contributed by atoms with E-state index in [0.717, 1.165) is 0 Å². The Morgan fingerprint density at radius 3 is 2.50 bits per heavy atom. The second-order valence-corrected chi connectivity index (χ2v) is 8.36. The van der Waals surface area contributed by atoms with E-state index in [2.05, 4.69) is 4.99 Å². The average molecular weight is 433 g/mol. The Morgan fingerprint density at radius 1 is 1.17 bits per heavy atom. The van der Waals surface area contributed by atoms with Crippen molar-refractivity contribution < 1.29 is 33.4 Å². The molecule has 0 unspecified atom stereocenters. The summed E-state index contributed by atoms with van der Waals surface area (Å²) in [5.41, 5.74) is 12.2. The molecule has 0 saturated heterocycles. The van der Waals surface area contributed by atoms with E-state index in [0.29, 0.717) is 30.0 Å². The highest BCUT2D eigenvalue weighted by Crippen LogP contribution is 2.38. The number of carbonyl (C=O) groups is 2. The summed E-state index contributed by atoms with van der Waals surface area (Å²) >= 11 is 0. The molecule has 0 radical (unpaired) electrons. The van der Waals surface area contributed by atoms with Gasteiger partial charge >= 0.3 is 13.6 Å². The number of ketones is 1. The fraction of sp³-hybridized carbons (Fsp3) is 0.211. The highest BCUT2D eigenvalue weighted by molar-refractivity contribution is 7.51. The van der Waals surface area contributed by atoms with Crippen molar-refractivity contribution in [1.29, 1.82) is 0 Å². The lowest BCUT2D eigenvalue weighted by Crippen LogP contribution is -2.21. The van der Waals surface area contributed by atoms with Crippen molar-refractivity contribution in [2.45, 2.75) is 12.8 Å². The molecule has 0 atom stereocenters. The molecular weight excluding hydrogens is 413 g/mol. The van der Waals surface area contributed by atoms with Gasteiger partial charge in [0.05, 0.1) is 24.0 Å². The normalized spacial score (nSPS) is 12.6. The predicted octanol–water partition coefficient (Wildman–Crippen LogP) is 1.50. The number of guanidine groups is 1. The summed E-state index contributed by atoms with van der Waals surface area (Å²) in [6.07, 6.45) is -0.416. The van der Waals surface area contributed by atoms with Crippen molar-refractivity contribution >= 4 is 31.0 Å². The number of carbonyl (C=O) groups excluding carboxylic acids is 2. The molecule has 1 aliphatic heterocycles. The first-order chi connectivity index (χ1) is 14.1. The van der Waals surface area contributed by atoms with Gasteiger partial charge in [-0.25, -0.2) is 9.79 Å². The van der Waals surface area contributed by atoms with E-state index >= 15 is 0 Å². The number of ether oxygens (including phenoxy) is 2. The lowest BCUT2D eigenvalue weighted by Gasteiger charge is -2.11. The number of esters is 1. The van der Waals surface area contributed by atoms with E-state index in [-0.39, 0.29) is 29.3 Å². The van der Waals surface area contributed by atoms with Gasteiger partial charge in [0.1, 0.15) is 11.5 Å². The van der Waals surface area contributed by atoms with Crippen LogP contribution >= 0.6 is 7.60 Å². The van der Waals surface area contributed by atoms with Gasteiger partial charge in [-0.05, 0) is 30.3 Å². The van der Waals surface area contributed by atoms with Crippen molar-refractivity contribution in [2.24, 2.45) is 16.5 Å². The SMILES string of the molecule is NC(N)=Nc1ccc(C(=O)Oc2cc3c(c(C(=O)CCP(=O)(O)O)c2)CCO3)cc1. The van der Waals surface area contributed by atoms with Crippen LogP contribution in [0.1, 0.15) is 32.7 Å². The molecule has 6 N–H and O–H groups in total. The Balaban J connectivity index is 1.81. The number of rotatable bonds is 7. The largest absolute Gasteiger partial charge is 0.493 e. The molecule has 0 saturated carbocycles. The van der Waals surface area contributed by atoms with Gasteiger partial charge in [-0.15, -0.1) is 0 Å². The van der Waals surface area contributed by atoms with Crippen LogP contribution in [0.3, 0.4) is 0 Å². The first-order valence-corrected chi connectivity index (χ1v) is 10.7. The number of nitrogens with two attached hydrogens (primary N) is 2. The van der Waals surface area contributed by atoms with Crippen LogP contribution in [-0.4, -0.2) is 40.3 Å². The number of aliphatic imine (C=N–C) groups is 1. The molecule has 158 valence electrons. The second kappa shape index (κ2) is 8.66. The molecule has 3 rings (SSSR count). The summed E-state index contributed by atoms with van der Waals surface area (Å²) in [5, 5.41) is 0. The Bertz CT molecular complexity index is 1060. The van der Waals surface area contributed by atoms with Crippen LogP contribution in [0.4, 0.5) is 5.69 Å². The average Bonchev–Trinajstić information content (AvgIpc) is 3.13. The summed E-state index contributed by atoms with van der Waals surface area (Å²) < 4.78 is 21.9. The minimum Gasteiger partial charge on any atom is -0.493 e. The first kappa shape index (κ1) is 21.5. The van der Waals surface area contributed by atoms with Crippen LogP contribution in [-0.2, 0) is 11.0 Å². The summed E-state index contributed by atoms with van der Waals surface area (Å²) in [4.78, 5) is 46.9. The maximum Gasteiger partial charge on any atom is 0.343 e. The quantitative estimate of drug-likeness (QED) is 0.126. The molecule has 0 aliphatic carbocycles. The molecule has 1 heterocycles. The maximum absolute atomic E-state index is 12.5. The van der Waals surface area contributed by atoms with E-state index in [1.54, 1.807) is 12.1 Å². The fourth-order valence-corrected chi connectivity index (χ4v) is 3.44. The van der Waals surface area contributed by atoms with Gasteiger partial charge in [0, 0.05) is 30.0 Å². The minimum absolute atomic E-state index is 0.0912. The summed E-state index contributed by atoms with van der Waals surface area (Å²) in [5.74, 6) is -0.742. The van der Waals surface area contributed by atoms with Gasteiger partial charge in [-0.2, -0.15) is 0 Å². The molecule has 2 aromatic rings. The van der Waals surface area contributed by atoms with E-state index in [1.165, 1.54) is 24.3 Å². The van der Waals surface area contributed by atoms with Crippen LogP contribution in [0.25, 0.3) is 0 Å². The number of benzene rings is 2. The molecule has 0 fully saturated rings. The molecule has 0 bridgehead atoms. The van der Waals surface area contributed by atoms with Crippen LogP contribution < -0.4 is 20.9 Å². The molecule has 11 heteroatoms. The van der Waals surface area contributed by atoms with Crippen molar-refractivity contribution in [3.05, 3.63) is 53.1 Å². The molecule has 0 amide bonds. The molecule has 10 nitrogen and oxygen atoms in total. The highest BCUT2D eigenvalue weighted by atomic mass is 31.2. The van der Waals surface area contributed by atoms with Crippen molar-refractivity contribution in [1.82, 2.24) is 0 Å². The highest BCUT2D eigenvalue weighted by Gasteiger charge is 2.25. The lowest BCUT2D eigenvalue weighted by molar-refractivity contribution is 0.0733. The zero-order chi connectivity index (χ0) is 21.9. The first-order valence-electron chi connectivity index (χ1n) is 8.92. The Hall–Kier alpha value is -3.20. The topological polar surface area (TPSA) is 175 Å². The standard InChI is InChI=1S/C19H20N3O7P/c20-19(21)22-12-3-1-11(2-4-12)18(24)29-13-9-15(14-5-7-28-17(14)10-13)16(23)6-8-30(25,26)27/h1-4,9-10H,5-8H2,(H4,20,21,22)(H2,25,26,27). The van der Waals surface area contributed by atoms with Gasteiger partial charge in [0.15, 0.2) is 11.7 Å². The lowest BCUT2D eigenvalue weighted by atomic mass is 9.99. The Morgan fingerprint density at radius 2 is 1.87 bits per heavy atom. The monoisotopic (exact) mass is 433 g/mol. The van der Waals surface area contributed by atoms with Gasteiger partial charge < -0.3 is 30.7 Å². The van der Waals surface area contributed by atoms with E-state index < -0.39 is 25.5 Å². The number of Topliss-reactive ketones (excluding diaryl/α,β-unsaturated/α-hetero) is 1. The number of fused-ring (bicyclic) bond motifs is 1. The number of hydrogen-bond acceptors (Lipinski definition) is 6. The van der Waals surface area contributed by atoms with Gasteiger partial charge in [-0.1, -0.05) is 0 Å². The fourth-order valence-electron chi connectivity index (χ4n) is 2.95. The summed E-state index contributed by atoms with van der Waals surface area (Å²) in [6.45, 7) is 0.359. The minimum atomic E-state index is -4.31. The smallest absolute Gasteiger partial charge is 0.343 e. The van der Waals surface area contributed by atoms with Crippen LogP contribution in [0.2, 0.25) is 0 Å². The third kappa shape index (κ3) is 5.44. The van der Waals surface area contributed by atoms with Crippen LogP contribution in [0.15, 0.2) is 41.4 Å². The van der Waals surface area contributed by atoms with E-state index in [4.69, 9.17) is 30.7 Å². The van der Waals surface area contributed by atoms with E-state index in [9.17, 15) is 14.2 Å². The Kier molecular flexibility index (Phi) is 6.21. The molecule has 1 aliphatic rings. The summed E-state index contributed by atoms with van der Waals surface area (Å²) in [6, 6.07) is 8.95. The Labute approximate surface area is 171 Å².